The van der Waals surface area contributed by atoms with Crippen LogP contribution in [0.1, 0.15) is 5.56 Å². The largest absolute Gasteiger partial charge is 0.339 e. The van der Waals surface area contributed by atoms with Crippen LogP contribution in [0.15, 0.2) is 71.6 Å². The average molecular weight is 432 g/mol. The minimum atomic E-state index is 0.530. The number of benzene rings is 2. The molecule has 5 rings (SSSR count). The molecule has 0 aliphatic rings. The third-order valence-electron chi connectivity index (χ3n) is 4.39. The lowest BCUT2D eigenvalue weighted by Crippen LogP contribution is -1.95. The van der Waals surface area contributed by atoms with Crippen molar-refractivity contribution in [3.8, 4) is 10.4 Å². The standard InChI is InChI=1S/C21H14ClN7S/c22-15-2-1-3-16(8-15)27-19-18-20(28-29-21(18)26-11-25-19)24-9-13-4-6-14(7-5-13)17-10-23-12-30-17/h1-12H,(H2,25,26,27,28,29). The topological polar surface area (TPSA) is 91.7 Å². The molecule has 3 aromatic heterocycles. The van der Waals surface area contributed by atoms with Crippen LogP contribution in [-0.2, 0) is 0 Å². The molecule has 3 heterocycles. The Labute approximate surface area is 180 Å². The molecule has 0 aliphatic carbocycles. The smallest absolute Gasteiger partial charge is 0.188 e. The first-order valence-electron chi connectivity index (χ1n) is 9.01. The number of hydrogen-bond acceptors (Lipinski definition) is 7. The van der Waals surface area contributed by atoms with Crippen molar-refractivity contribution in [3.05, 3.63) is 77.2 Å². The second kappa shape index (κ2) is 8.02. The molecule has 0 saturated carbocycles. The van der Waals surface area contributed by atoms with E-state index in [1.165, 1.54) is 6.33 Å². The van der Waals surface area contributed by atoms with Gasteiger partial charge in [0.2, 0.25) is 0 Å². The molecule has 2 N–H and O–H groups in total. The van der Waals surface area contributed by atoms with Crippen molar-refractivity contribution < 1.29 is 0 Å². The number of nitrogens with one attached hydrogen (secondary N) is 2. The molecule has 0 aliphatic heterocycles. The van der Waals surface area contributed by atoms with Crippen molar-refractivity contribution in [1.82, 2.24) is 25.1 Å². The van der Waals surface area contributed by atoms with E-state index in [9.17, 15) is 0 Å². The third kappa shape index (κ3) is 3.78. The summed E-state index contributed by atoms with van der Waals surface area (Å²) in [5, 5.41) is 11.8. The number of hydrogen-bond donors (Lipinski definition) is 2. The van der Waals surface area contributed by atoms with E-state index in [0.717, 1.165) is 21.7 Å². The van der Waals surface area contributed by atoms with E-state index in [-0.39, 0.29) is 0 Å². The Bertz CT molecular complexity index is 1330. The maximum atomic E-state index is 6.08. The van der Waals surface area contributed by atoms with E-state index in [0.29, 0.717) is 27.7 Å². The highest BCUT2D eigenvalue weighted by Gasteiger charge is 2.12. The molecular weight excluding hydrogens is 418 g/mol. The van der Waals surface area contributed by atoms with E-state index < -0.39 is 0 Å². The van der Waals surface area contributed by atoms with Gasteiger partial charge in [0.1, 0.15) is 17.5 Å². The van der Waals surface area contributed by atoms with Gasteiger partial charge in [0.05, 0.1) is 10.4 Å². The number of H-pyrrole nitrogens is 1. The van der Waals surface area contributed by atoms with Crippen molar-refractivity contribution in [2.45, 2.75) is 0 Å². The van der Waals surface area contributed by atoms with Crippen LogP contribution >= 0.6 is 22.9 Å². The average Bonchev–Trinajstić information content (AvgIpc) is 3.44. The van der Waals surface area contributed by atoms with E-state index >= 15 is 0 Å². The first kappa shape index (κ1) is 18.4. The van der Waals surface area contributed by atoms with E-state index in [1.807, 2.05) is 48.1 Å². The summed E-state index contributed by atoms with van der Waals surface area (Å²) in [6.07, 6.45) is 5.10. The van der Waals surface area contributed by atoms with Crippen molar-refractivity contribution in [1.29, 1.82) is 0 Å². The number of aromatic nitrogens is 5. The molecule has 0 saturated heterocycles. The lowest BCUT2D eigenvalue weighted by Gasteiger charge is -2.06. The molecule has 0 radical (unpaired) electrons. The van der Waals surface area contributed by atoms with Gasteiger partial charge in [-0.2, -0.15) is 5.10 Å². The predicted octanol–water partition coefficient (Wildman–Crippen LogP) is 5.62. The summed E-state index contributed by atoms with van der Waals surface area (Å²) >= 11 is 7.69. The van der Waals surface area contributed by atoms with Crippen molar-refractivity contribution in [2.24, 2.45) is 4.99 Å². The maximum Gasteiger partial charge on any atom is 0.188 e. The Kier molecular flexibility index (Phi) is 4.92. The van der Waals surface area contributed by atoms with Gasteiger partial charge < -0.3 is 5.32 Å². The Balaban J connectivity index is 1.44. The molecule has 30 heavy (non-hydrogen) atoms. The molecular formula is C21H14ClN7S. The SMILES string of the molecule is Clc1cccc(Nc2ncnc3n[nH]c(N=Cc4ccc(-c5cncs5)cc4)c23)c1. The van der Waals surface area contributed by atoms with Crippen molar-refractivity contribution in [2.75, 3.05) is 5.32 Å². The number of fused-ring (bicyclic) bond motifs is 1. The van der Waals surface area contributed by atoms with E-state index in [4.69, 9.17) is 11.6 Å². The lowest BCUT2D eigenvalue weighted by atomic mass is 10.1. The Hall–Kier alpha value is -3.62. The molecule has 0 unspecified atom stereocenters. The second-order valence-electron chi connectivity index (χ2n) is 6.37. The summed E-state index contributed by atoms with van der Waals surface area (Å²) in [4.78, 5) is 18.4. The molecule has 9 heteroatoms. The van der Waals surface area contributed by atoms with E-state index in [2.05, 4.69) is 47.6 Å². The van der Waals surface area contributed by atoms with Gasteiger partial charge in [0.25, 0.3) is 0 Å². The fourth-order valence-electron chi connectivity index (χ4n) is 2.96. The Morgan fingerprint density at radius 3 is 2.80 bits per heavy atom. The molecule has 5 aromatic rings. The molecule has 146 valence electrons. The van der Waals surface area contributed by atoms with Crippen molar-refractivity contribution >= 4 is 57.5 Å². The van der Waals surface area contributed by atoms with Gasteiger partial charge in [-0.3, -0.25) is 10.1 Å². The minimum absolute atomic E-state index is 0.530. The van der Waals surface area contributed by atoms with Gasteiger partial charge in [0.15, 0.2) is 11.5 Å². The number of halogens is 1. The molecule has 0 amide bonds. The van der Waals surface area contributed by atoms with Crippen LogP contribution in [0.5, 0.6) is 0 Å². The Morgan fingerprint density at radius 1 is 1.10 bits per heavy atom. The zero-order valence-corrected chi connectivity index (χ0v) is 17.0. The number of nitrogens with zero attached hydrogens (tertiary/aromatic N) is 5. The zero-order chi connectivity index (χ0) is 20.3. The summed E-state index contributed by atoms with van der Waals surface area (Å²) < 4.78 is 0. The summed E-state index contributed by atoms with van der Waals surface area (Å²) in [5.74, 6) is 1.17. The normalized spacial score (nSPS) is 11.4. The molecule has 2 aromatic carbocycles. The van der Waals surface area contributed by atoms with Crippen LogP contribution < -0.4 is 5.32 Å². The minimum Gasteiger partial charge on any atom is -0.339 e. The number of aromatic amines is 1. The van der Waals surface area contributed by atoms with Crippen LogP contribution in [0.3, 0.4) is 0 Å². The highest BCUT2D eigenvalue weighted by molar-refractivity contribution is 7.13. The number of anilines is 2. The highest BCUT2D eigenvalue weighted by atomic mass is 35.5. The number of aliphatic imine (C=N–C) groups is 1. The van der Waals surface area contributed by atoms with Crippen LogP contribution in [-0.4, -0.2) is 31.4 Å². The highest BCUT2D eigenvalue weighted by Crippen LogP contribution is 2.30. The van der Waals surface area contributed by atoms with Crippen LogP contribution in [0, 0.1) is 0 Å². The number of thiazole rings is 1. The van der Waals surface area contributed by atoms with Gasteiger partial charge in [-0.1, -0.05) is 41.9 Å². The molecule has 0 spiro atoms. The summed E-state index contributed by atoms with van der Waals surface area (Å²) in [6, 6.07) is 15.5. The molecule has 7 nitrogen and oxygen atoms in total. The van der Waals surface area contributed by atoms with Gasteiger partial charge >= 0.3 is 0 Å². The van der Waals surface area contributed by atoms with Crippen LogP contribution in [0.25, 0.3) is 21.5 Å². The number of rotatable bonds is 5. The first-order chi connectivity index (χ1) is 14.8. The summed E-state index contributed by atoms with van der Waals surface area (Å²) in [7, 11) is 0. The van der Waals surface area contributed by atoms with Crippen LogP contribution in [0.4, 0.5) is 17.3 Å². The van der Waals surface area contributed by atoms with E-state index in [1.54, 1.807) is 17.6 Å². The Morgan fingerprint density at radius 2 is 2.00 bits per heavy atom. The molecule has 0 fully saturated rings. The summed E-state index contributed by atoms with van der Waals surface area (Å²) in [6.45, 7) is 0. The monoisotopic (exact) mass is 431 g/mol. The third-order valence-corrected chi connectivity index (χ3v) is 5.45. The molecule has 0 atom stereocenters. The maximum absolute atomic E-state index is 6.08. The van der Waals surface area contributed by atoms with Gasteiger partial charge in [-0.15, -0.1) is 11.3 Å². The van der Waals surface area contributed by atoms with Gasteiger partial charge in [0, 0.05) is 23.1 Å². The first-order valence-corrected chi connectivity index (χ1v) is 10.3. The lowest BCUT2D eigenvalue weighted by molar-refractivity contribution is 1.08. The fraction of sp³-hybridized carbons (Fsp3) is 0. The molecule has 0 bridgehead atoms. The van der Waals surface area contributed by atoms with Crippen LogP contribution in [0.2, 0.25) is 5.02 Å². The van der Waals surface area contributed by atoms with Gasteiger partial charge in [-0.05, 0) is 29.3 Å². The predicted molar refractivity (Wildman–Crippen MR) is 121 cm³/mol. The zero-order valence-electron chi connectivity index (χ0n) is 15.5. The summed E-state index contributed by atoms with van der Waals surface area (Å²) in [5.41, 5.74) is 5.26. The van der Waals surface area contributed by atoms with Gasteiger partial charge in [-0.25, -0.2) is 15.0 Å². The fourth-order valence-corrected chi connectivity index (χ4v) is 3.78. The van der Waals surface area contributed by atoms with Crippen molar-refractivity contribution in [3.63, 3.8) is 0 Å². The quantitative estimate of drug-likeness (QED) is 0.352. The second-order valence-corrected chi connectivity index (χ2v) is 7.70.